The van der Waals surface area contributed by atoms with Crippen molar-refractivity contribution < 1.29 is 13.2 Å². The van der Waals surface area contributed by atoms with Gasteiger partial charge in [-0.2, -0.15) is 0 Å². The molecule has 0 unspecified atom stereocenters. The van der Waals surface area contributed by atoms with E-state index in [1.165, 1.54) is 16.4 Å². The van der Waals surface area contributed by atoms with Crippen LogP contribution in [0.3, 0.4) is 0 Å². The van der Waals surface area contributed by atoms with Crippen molar-refractivity contribution in [1.82, 2.24) is 4.31 Å². The third kappa shape index (κ3) is 6.10. The second-order valence-corrected chi connectivity index (χ2v) is 8.10. The maximum Gasteiger partial charge on any atom is 0.242 e. The first-order chi connectivity index (χ1) is 10.1. The highest BCUT2D eigenvalue weighted by molar-refractivity contribution is 7.89. The van der Waals surface area contributed by atoms with Crippen molar-refractivity contribution in [2.24, 2.45) is 11.1 Å². The molecule has 0 fully saturated rings. The molecule has 1 aromatic carbocycles. The van der Waals surface area contributed by atoms with E-state index in [4.69, 9.17) is 5.73 Å². The van der Waals surface area contributed by atoms with Gasteiger partial charge in [0.25, 0.3) is 0 Å². The lowest BCUT2D eigenvalue weighted by Crippen LogP contribution is -2.39. The lowest BCUT2D eigenvalue weighted by Gasteiger charge is -2.28. The lowest BCUT2D eigenvalue weighted by atomic mass is 9.94. The van der Waals surface area contributed by atoms with Crippen LogP contribution < -0.4 is 11.1 Å². The molecule has 0 aromatic heterocycles. The summed E-state index contributed by atoms with van der Waals surface area (Å²) in [4.78, 5) is 11.5. The zero-order valence-electron chi connectivity index (χ0n) is 14.0. The number of benzene rings is 1. The number of amides is 1. The van der Waals surface area contributed by atoms with Crippen LogP contribution >= 0.6 is 12.4 Å². The Labute approximate surface area is 144 Å². The molecule has 0 atom stereocenters. The van der Waals surface area contributed by atoms with E-state index in [1.807, 2.05) is 13.8 Å². The van der Waals surface area contributed by atoms with Crippen LogP contribution in [0.25, 0.3) is 0 Å². The largest absolute Gasteiger partial charge is 0.330 e. The molecular weight excluding hydrogens is 338 g/mol. The van der Waals surface area contributed by atoms with E-state index in [2.05, 4.69) is 5.32 Å². The molecule has 23 heavy (non-hydrogen) atoms. The second-order valence-electron chi connectivity index (χ2n) is 6.06. The number of carbonyl (C=O) groups excluding carboxylic acids is 1. The van der Waals surface area contributed by atoms with Gasteiger partial charge in [-0.05, 0) is 36.2 Å². The predicted molar refractivity (Wildman–Crippen MR) is 95.3 cm³/mol. The van der Waals surface area contributed by atoms with Gasteiger partial charge in [-0.25, -0.2) is 12.7 Å². The zero-order chi connectivity index (χ0) is 17.0. The average Bonchev–Trinajstić information content (AvgIpc) is 2.47. The smallest absolute Gasteiger partial charge is 0.242 e. The molecule has 3 N–H and O–H groups in total. The van der Waals surface area contributed by atoms with Crippen molar-refractivity contribution in [3.8, 4) is 0 Å². The Kier molecular flexibility index (Phi) is 8.20. The molecule has 6 nitrogen and oxygen atoms in total. The quantitative estimate of drug-likeness (QED) is 0.775. The summed E-state index contributed by atoms with van der Waals surface area (Å²) in [6.07, 6.45) is 0.372. The second kappa shape index (κ2) is 8.63. The highest BCUT2D eigenvalue weighted by Crippen LogP contribution is 2.21. The Hall–Kier alpha value is -1.15. The van der Waals surface area contributed by atoms with Gasteiger partial charge in [0.15, 0.2) is 0 Å². The minimum atomic E-state index is -3.57. The van der Waals surface area contributed by atoms with Gasteiger partial charge in [0.05, 0.1) is 4.90 Å². The SMILES string of the molecule is CCC(=O)Nc1ccc(S(=O)(=O)N(C)CC(C)(C)CN)cc1.Cl. The van der Waals surface area contributed by atoms with Crippen molar-refractivity contribution in [3.05, 3.63) is 24.3 Å². The maximum atomic E-state index is 12.5. The van der Waals surface area contributed by atoms with Crippen molar-refractivity contribution >= 4 is 34.0 Å². The molecule has 0 saturated heterocycles. The highest BCUT2D eigenvalue weighted by Gasteiger charge is 2.27. The molecule has 0 aliphatic rings. The van der Waals surface area contributed by atoms with Crippen molar-refractivity contribution in [2.75, 3.05) is 25.5 Å². The summed E-state index contributed by atoms with van der Waals surface area (Å²) in [5.41, 5.74) is 5.94. The normalized spacial score (nSPS) is 11.9. The summed E-state index contributed by atoms with van der Waals surface area (Å²) in [5, 5.41) is 2.68. The van der Waals surface area contributed by atoms with E-state index < -0.39 is 10.0 Å². The number of anilines is 1. The summed E-state index contributed by atoms with van der Waals surface area (Å²) in [6, 6.07) is 6.16. The topological polar surface area (TPSA) is 92.5 Å². The van der Waals surface area contributed by atoms with Gasteiger partial charge in [0.1, 0.15) is 0 Å². The van der Waals surface area contributed by atoms with E-state index in [0.717, 1.165) is 0 Å². The van der Waals surface area contributed by atoms with Gasteiger partial charge < -0.3 is 11.1 Å². The molecule has 1 rings (SSSR count). The van der Waals surface area contributed by atoms with E-state index in [0.29, 0.717) is 25.2 Å². The van der Waals surface area contributed by atoms with Crippen LogP contribution in [-0.2, 0) is 14.8 Å². The molecule has 0 aliphatic carbocycles. The summed E-state index contributed by atoms with van der Waals surface area (Å²) in [7, 11) is -2.03. The number of hydrogen-bond acceptors (Lipinski definition) is 4. The highest BCUT2D eigenvalue weighted by atomic mass is 35.5. The molecule has 0 radical (unpaired) electrons. The van der Waals surface area contributed by atoms with Gasteiger partial charge >= 0.3 is 0 Å². The van der Waals surface area contributed by atoms with Crippen LogP contribution in [0.2, 0.25) is 0 Å². The Morgan fingerprint density at radius 1 is 1.26 bits per heavy atom. The van der Waals surface area contributed by atoms with Crippen LogP contribution in [0.1, 0.15) is 27.2 Å². The molecule has 0 heterocycles. The van der Waals surface area contributed by atoms with Gasteiger partial charge in [-0.3, -0.25) is 4.79 Å². The monoisotopic (exact) mass is 363 g/mol. The molecule has 8 heteroatoms. The number of nitrogens with zero attached hydrogens (tertiary/aromatic N) is 1. The van der Waals surface area contributed by atoms with Crippen molar-refractivity contribution in [1.29, 1.82) is 0 Å². The first-order valence-corrected chi connectivity index (χ1v) is 8.63. The number of hydrogen-bond donors (Lipinski definition) is 2. The molecule has 1 amide bonds. The molecule has 0 aliphatic heterocycles. The molecule has 1 aromatic rings. The van der Waals surface area contributed by atoms with Gasteiger partial charge in [-0.1, -0.05) is 20.8 Å². The number of nitrogens with one attached hydrogen (secondary N) is 1. The standard InChI is InChI=1S/C15H25N3O3S.ClH/c1-5-14(19)17-12-6-8-13(9-7-12)22(20,21)18(4)11-15(2,3)10-16;/h6-9H,5,10-11,16H2,1-4H3,(H,17,19);1H. The number of nitrogens with two attached hydrogens (primary N) is 1. The van der Waals surface area contributed by atoms with Crippen LogP contribution in [-0.4, -0.2) is 38.8 Å². The van der Waals surface area contributed by atoms with Crippen molar-refractivity contribution in [2.45, 2.75) is 32.1 Å². The fourth-order valence-corrected chi connectivity index (χ4v) is 3.25. The van der Waals surface area contributed by atoms with Crippen LogP contribution in [0, 0.1) is 5.41 Å². The van der Waals surface area contributed by atoms with E-state index in [-0.39, 0.29) is 28.6 Å². The van der Waals surface area contributed by atoms with E-state index in [9.17, 15) is 13.2 Å². The van der Waals surface area contributed by atoms with Crippen LogP contribution in [0.4, 0.5) is 5.69 Å². The van der Waals surface area contributed by atoms with Crippen molar-refractivity contribution in [3.63, 3.8) is 0 Å². The Morgan fingerprint density at radius 3 is 2.22 bits per heavy atom. The average molecular weight is 364 g/mol. The van der Waals surface area contributed by atoms with Crippen LogP contribution in [0.15, 0.2) is 29.2 Å². The molecule has 0 spiro atoms. The molecule has 0 bridgehead atoms. The fraction of sp³-hybridized carbons (Fsp3) is 0.533. The van der Waals surface area contributed by atoms with E-state index >= 15 is 0 Å². The Balaban J connectivity index is 0.00000484. The third-order valence-corrected chi connectivity index (χ3v) is 5.19. The van der Waals surface area contributed by atoms with Gasteiger partial charge in [0.2, 0.25) is 15.9 Å². The minimum absolute atomic E-state index is 0. The number of carbonyl (C=O) groups is 1. The Morgan fingerprint density at radius 2 is 1.78 bits per heavy atom. The lowest BCUT2D eigenvalue weighted by molar-refractivity contribution is -0.115. The summed E-state index contributed by atoms with van der Waals surface area (Å²) >= 11 is 0. The summed E-state index contributed by atoms with van der Waals surface area (Å²) in [6.45, 7) is 6.32. The Bertz CT molecular complexity index is 615. The van der Waals surface area contributed by atoms with Gasteiger partial charge in [0, 0.05) is 25.7 Å². The zero-order valence-corrected chi connectivity index (χ0v) is 15.6. The summed E-state index contributed by atoms with van der Waals surface area (Å²) in [5.74, 6) is -0.113. The van der Waals surface area contributed by atoms with Crippen LogP contribution in [0.5, 0.6) is 0 Å². The molecular formula is C15H26ClN3O3S. The van der Waals surface area contributed by atoms with Gasteiger partial charge in [-0.15, -0.1) is 12.4 Å². The number of sulfonamides is 1. The third-order valence-electron chi connectivity index (χ3n) is 3.37. The number of rotatable bonds is 7. The first kappa shape index (κ1) is 21.9. The summed E-state index contributed by atoms with van der Waals surface area (Å²) < 4.78 is 26.3. The molecule has 132 valence electrons. The predicted octanol–water partition coefficient (Wildman–Crippen LogP) is 2.06. The minimum Gasteiger partial charge on any atom is -0.330 e. The first-order valence-electron chi connectivity index (χ1n) is 7.18. The molecule has 0 saturated carbocycles. The fourth-order valence-electron chi connectivity index (χ4n) is 1.89. The number of halogens is 1. The van der Waals surface area contributed by atoms with E-state index in [1.54, 1.807) is 26.1 Å². The maximum absolute atomic E-state index is 12.5.